The molecule has 4 N–H and O–H groups in total. The Labute approximate surface area is 121 Å². The minimum atomic E-state index is -1.48. The van der Waals surface area contributed by atoms with E-state index in [9.17, 15) is 18.4 Å². The van der Waals surface area contributed by atoms with Gasteiger partial charge < -0.3 is 16.2 Å². The van der Waals surface area contributed by atoms with Crippen molar-refractivity contribution in [3.05, 3.63) is 40.4 Å². The Morgan fingerprint density at radius 1 is 1.33 bits per heavy atom. The lowest BCUT2D eigenvalue weighted by atomic mass is 10.1. The van der Waals surface area contributed by atoms with Crippen molar-refractivity contribution in [2.24, 2.45) is 0 Å². The van der Waals surface area contributed by atoms with E-state index in [0.29, 0.717) is 17.8 Å². The van der Waals surface area contributed by atoms with Crippen LogP contribution in [0.5, 0.6) is 0 Å². The molecule has 1 heterocycles. The number of anilines is 2. The fraction of sp³-hybridized carbons (Fsp3) is 0.0833. The molecule has 0 spiro atoms. The van der Waals surface area contributed by atoms with E-state index in [0.717, 1.165) is 11.3 Å². The number of halogens is 2. The average molecular weight is 313 g/mol. The molecule has 0 atom stereocenters. The molecule has 0 aliphatic rings. The molecule has 1 aromatic heterocycles. The van der Waals surface area contributed by atoms with Crippen molar-refractivity contribution in [1.29, 1.82) is 0 Å². The highest BCUT2D eigenvalue weighted by Gasteiger charge is 2.17. The number of amides is 1. The van der Waals surface area contributed by atoms with E-state index in [1.807, 2.05) is 0 Å². The van der Waals surface area contributed by atoms with E-state index in [1.54, 1.807) is 5.38 Å². The highest BCUT2D eigenvalue weighted by molar-refractivity contribution is 7.13. The largest absolute Gasteiger partial charge is 0.478 e. The SMILES string of the molecule is Nc1nc(CC(=O)Nc2cc(F)c(F)cc2C(=O)O)cs1. The van der Waals surface area contributed by atoms with Crippen LogP contribution in [-0.4, -0.2) is 22.0 Å². The molecule has 0 fully saturated rings. The van der Waals surface area contributed by atoms with Crippen molar-refractivity contribution >= 4 is 34.0 Å². The van der Waals surface area contributed by atoms with E-state index in [1.165, 1.54) is 0 Å². The van der Waals surface area contributed by atoms with Crippen LogP contribution >= 0.6 is 11.3 Å². The summed E-state index contributed by atoms with van der Waals surface area (Å²) in [4.78, 5) is 26.6. The van der Waals surface area contributed by atoms with Crippen LogP contribution in [0.15, 0.2) is 17.5 Å². The molecule has 0 aliphatic carbocycles. The van der Waals surface area contributed by atoms with Crippen LogP contribution in [0.2, 0.25) is 0 Å². The first kappa shape index (κ1) is 14.9. The van der Waals surface area contributed by atoms with Crippen LogP contribution in [0.4, 0.5) is 19.6 Å². The maximum Gasteiger partial charge on any atom is 0.337 e. The lowest BCUT2D eigenvalue weighted by molar-refractivity contribution is -0.115. The first-order valence-electron chi connectivity index (χ1n) is 5.59. The Morgan fingerprint density at radius 3 is 2.57 bits per heavy atom. The maximum atomic E-state index is 13.2. The van der Waals surface area contributed by atoms with Gasteiger partial charge in [0.25, 0.3) is 0 Å². The van der Waals surface area contributed by atoms with Crippen molar-refractivity contribution in [2.75, 3.05) is 11.1 Å². The quantitative estimate of drug-likeness (QED) is 0.799. The number of carboxylic acids is 1. The molecule has 2 aromatic rings. The van der Waals surface area contributed by atoms with Crippen LogP contribution in [-0.2, 0) is 11.2 Å². The van der Waals surface area contributed by atoms with Gasteiger partial charge in [0.2, 0.25) is 5.91 Å². The number of nitrogens with one attached hydrogen (secondary N) is 1. The standard InChI is InChI=1S/C12H9F2N3O3S/c13-7-2-6(11(19)20)9(3-8(7)14)17-10(18)1-5-4-21-12(15)16-5/h2-4H,1H2,(H2,15,16)(H,17,18)(H,19,20). The minimum absolute atomic E-state index is 0.161. The van der Waals surface area contributed by atoms with Crippen molar-refractivity contribution in [3.8, 4) is 0 Å². The first-order chi connectivity index (χ1) is 9.86. The maximum absolute atomic E-state index is 13.2. The van der Waals surface area contributed by atoms with E-state index >= 15 is 0 Å². The molecule has 21 heavy (non-hydrogen) atoms. The highest BCUT2D eigenvalue weighted by atomic mass is 32.1. The van der Waals surface area contributed by atoms with Gasteiger partial charge in [-0.1, -0.05) is 0 Å². The third-order valence-electron chi connectivity index (χ3n) is 2.48. The molecular weight excluding hydrogens is 304 g/mol. The van der Waals surface area contributed by atoms with Gasteiger partial charge in [-0.2, -0.15) is 0 Å². The van der Waals surface area contributed by atoms with Crippen LogP contribution in [0.3, 0.4) is 0 Å². The number of carbonyl (C=O) groups excluding carboxylic acids is 1. The predicted octanol–water partition coefficient (Wildman–Crippen LogP) is 1.88. The molecule has 6 nitrogen and oxygen atoms in total. The summed E-state index contributed by atoms with van der Waals surface area (Å²) in [5.74, 6) is -4.67. The topological polar surface area (TPSA) is 105 Å². The first-order valence-corrected chi connectivity index (χ1v) is 6.47. The van der Waals surface area contributed by atoms with Gasteiger partial charge >= 0.3 is 5.97 Å². The summed E-state index contributed by atoms with van der Waals surface area (Å²) in [6, 6.07) is 1.13. The molecule has 1 aromatic carbocycles. The Hall–Kier alpha value is -2.55. The zero-order valence-electron chi connectivity index (χ0n) is 10.4. The molecule has 9 heteroatoms. The van der Waals surface area contributed by atoms with E-state index < -0.39 is 29.1 Å². The van der Waals surface area contributed by atoms with Gasteiger partial charge in [0.05, 0.1) is 23.4 Å². The lowest BCUT2D eigenvalue weighted by Gasteiger charge is -2.08. The van der Waals surface area contributed by atoms with Crippen LogP contribution < -0.4 is 11.1 Å². The zero-order valence-corrected chi connectivity index (χ0v) is 11.2. The zero-order chi connectivity index (χ0) is 15.6. The molecule has 0 bridgehead atoms. The molecule has 0 aliphatic heterocycles. The molecule has 1 amide bonds. The molecule has 110 valence electrons. The molecular formula is C12H9F2N3O3S. The molecule has 2 rings (SSSR count). The van der Waals surface area contributed by atoms with Gasteiger partial charge in [0.15, 0.2) is 16.8 Å². The third kappa shape index (κ3) is 3.51. The number of aromatic carboxylic acids is 1. The van der Waals surface area contributed by atoms with E-state index in [-0.39, 0.29) is 17.2 Å². The summed E-state index contributed by atoms with van der Waals surface area (Å²) in [6.45, 7) is 0. The second-order valence-electron chi connectivity index (χ2n) is 4.02. The molecule has 0 unspecified atom stereocenters. The van der Waals surface area contributed by atoms with E-state index in [2.05, 4.69) is 10.3 Å². The number of thiazole rings is 1. The number of nitrogens with two attached hydrogens (primary N) is 1. The number of carboxylic acid groups (broad SMARTS) is 1. The van der Waals surface area contributed by atoms with E-state index in [4.69, 9.17) is 10.8 Å². The fourth-order valence-corrected chi connectivity index (χ4v) is 2.15. The second kappa shape index (κ2) is 5.83. The Bertz CT molecular complexity index is 718. The number of benzene rings is 1. The van der Waals surface area contributed by atoms with Gasteiger partial charge in [0.1, 0.15) is 0 Å². The van der Waals surface area contributed by atoms with Gasteiger partial charge in [-0.05, 0) is 6.07 Å². The third-order valence-corrected chi connectivity index (χ3v) is 3.20. The summed E-state index contributed by atoms with van der Waals surface area (Å²) < 4.78 is 26.2. The fourth-order valence-electron chi connectivity index (χ4n) is 1.59. The highest BCUT2D eigenvalue weighted by Crippen LogP contribution is 2.21. The number of carbonyl (C=O) groups is 2. The lowest BCUT2D eigenvalue weighted by Crippen LogP contribution is -2.17. The number of hydrogen-bond donors (Lipinski definition) is 3. The Balaban J connectivity index is 2.20. The van der Waals surface area contributed by atoms with Crippen LogP contribution in [0.1, 0.15) is 16.1 Å². The number of nitrogens with zero attached hydrogens (tertiary/aromatic N) is 1. The number of aromatic nitrogens is 1. The summed E-state index contributed by atoms with van der Waals surface area (Å²) in [5.41, 5.74) is 4.95. The minimum Gasteiger partial charge on any atom is -0.478 e. The summed E-state index contributed by atoms with van der Waals surface area (Å²) in [7, 11) is 0. The van der Waals surface area contributed by atoms with Crippen LogP contribution in [0.25, 0.3) is 0 Å². The van der Waals surface area contributed by atoms with Crippen molar-refractivity contribution in [3.63, 3.8) is 0 Å². The van der Waals surface area contributed by atoms with Gasteiger partial charge in [-0.15, -0.1) is 11.3 Å². The second-order valence-corrected chi connectivity index (χ2v) is 4.91. The van der Waals surface area contributed by atoms with Crippen molar-refractivity contribution in [2.45, 2.75) is 6.42 Å². The average Bonchev–Trinajstić information content (AvgIpc) is 2.78. The summed E-state index contributed by atoms with van der Waals surface area (Å²) in [6.07, 6.45) is -0.161. The molecule has 0 saturated heterocycles. The molecule has 0 saturated carbocycles. The van der Waals surface area contributed by atoms with Gasteiger partial charge in [-0.3, -0.25) is 4.79 Å². The van der Waals surface area contributed by atoms with Gasteiger partial charge in [-0.25, -0.2) is 18.6 Å². The number of hydrogen-bond acceptors (Lipinski definition) is 5. The van der Waals surface area contributed by atoms with Crippen molar-refractivity contribution in [1.82, 2.24) is 4.98 Å². The molecule has 0 radical (unpaired) electrons. The Kier molecular flexibility index (Phi) is 4.13. The monoisotopic (exact) mass is 313 g/mol. The van der Waals surface area contributed by atoms with Crippen molar-refractivity contribution < 1.29 is 23.5 Å². The summed E-state index contributed by atoms with van der Waals surface area (Å²) in [5, 5.41) is 13.0. The van der Waals surface area contributed by atoms with Gasteiger partial charge in [0, 0.05) is 11.4 Å². The normalized spacial score (nSPS) is 10.4. The van der Waals surface area contributed by atoms with Crippen LogP contribution in [0, 0.1) is 11.6 Å². The smallest absolute Gasteiger partial charge is 0.337 e. The number of rotatable bonds is 4. The number of nitrogen functional groups attached to an aromatic ring is 1. The Morgan fingerprint density at radius 2 is 2.00 bits per heavy atom. The predicted molar refractivity (Wildman–Crippen MR) is 72.2 cm³/mol. The summed E-state index contributed by atoms with van der Waals surface area (Å²) >= 11 is 1.15.